The molecule has 6 rings (SSSR count). The molecule has 1 amide bonds. The molecule has 1 atom stereocenters. The summed E-state index contributed by atoms with van der Waals surface area (Å²) in [4.78, 5) is 31.0. The smallest absolute Gasteiger partial charge is 0.414 e. The quantitative estimate of drug-likeness (QED) is 0.342. The number of rotatable bonds is 4. The predicted octanol–water partition coefficient (Wildman–Crippen LogP) is 5.38. The van der Waals surface area contributed by atoms with Crippen molar-refractivity contribution in [2.24, 2.45) is 5.92 Å². The highest BCUT2D eigenvalue weighted by molar-refractivity contribution is 5.96. The SMILES string of the molecule is COC(=O)N1c2ccc3c(nc(Nc4ccc5cn[nH]c5c4)n3C3CCC(C(=O)O)CC3)c2CC[C@@H]1C. The maximum Gasteiger partial charge on any atom is 0.414 e. The zero-order valence-electron chi connectivity index (χ0n) is 20.9. The van der Waals surface area contributed by atoms with Gasteiger partial charge in [-0.15, -0.1) is 0 Å². The van der Waals surface area contributed by atoms with E-state index in [2.05, 4.69) is 20.1 Å². The number of carbonyl (C=O) groups excluding carboxylic acids is 1. The maximum absolute atomic E-state index is 12.6. The van der Waals surface area contributed by atoms with Crippen LogP contribution in [0.3, 0.4) is 0 Å². The second kappa shape index (κ2) is 9.10. The molecule has 1 saturated carbocycles. The predicted molar refractivity (Wildman–Crippen MR) is 140 cm³/mol. The van der Waals surface area contributed by atoms with Gasteiger partial charge in [-0.25, -0.2) is 9.78 Å². The lowest BCUT2D eigenvalue weighted by atomic mass is 9.86. The Morgan fingerprint density at radius 1 is 1.14 bits per heavy atom. The molecule has 10 heteroatoms. The van der Waals surface area contributed by atoms with E-state index in [-0.39, 0.29) is 24.1 Å². The first kappa shape index (κ1) is 23.3. The van der Waals surface area contributed by atoms with E-state index in [1.54, 1.807) is 11.1 Å². The van der Waals surface area contributed by atoms with Crippen LogP contribution in [0.5, 0.6) is 0 Å². The standard InChI is InChI=1S/C27H30N6O4/c1-15-3-10-20-22(32(15)27(36)37-2)11-12-23-24(20)30-26(29-18-7-4-17-14-28-31-21(17)13-18)33(23)19-8-5-16(6-9-19)25(34)35/h4,7,11-16,19H,3,5-6,8-10H2,1-2H3,(H,28,31)(H,29,30)(H,34,35)/t15-,16?,19?/m0/s1. The zero-order chi connectivity index (χ0) is 25.7. The van der Waals surface area contributed by atoms with E-state index >= 15 is 0 Å². The number of carboxylic acids is 1. The second-order valence-electron chi connectivity index (χ2n) is 10.1. The van der Waals surface area contributed by atoms with Crippen LogP contribution in [-0.2, 0) is 16.0 Å². The molecule has 0 bridgehead atoms. The fraction of sp³-hybridized carbons (Fsp3) is 0.407. The van der Waals surface area contributed by atoms with Crippen molar-refractivity contribution in [2.45, 2.75) is 57.5 Å². The van der Waals surface area contributed by atoms with E-state index in [1.165, 1.54) is 7.11 Å². The molecule has 192 valence electrons. The molecule has 37 heavy (non-hydrogen) atoms. The van der Waals surface area contributed by atoms with E-state index in [1.807, 2.05) is 37.3 Å². The van der Waals surface area contributed by atoms with Crippen LogP contribution >= 0.6 is 0 Å². The minimum absolute atomic E-state index is 0.0320. The number of aromatic amines is 1. The lowest BCUT2D eigenvalue weighted by Crippen LogP contribution is -2.42. The average Bonchev–Trinajstić information content (AvgIpc) is 3.52. The number of methoxy groups -OCH3 is 1. The summed E-state index contributed by atoms with van der Waals surface area (Å²) in [6.45, 7) is 2.03. The highest BCUT2D eigenvalue weighted by atomic mass is 16.5. The van der Waals surface area contributed by atoms with Gasteiger partial charge in [-0.3, -0.25) is 14.8 Å². The number of ether oxygens (including phenoxy) is 1. The number of amides is 1. The van der Waals surface area contributed by atoms with Crippen LogP contribution in [0.4, 0.5) is 22.1 Å². The van der Waals surface area contributed by atoms with E-state index in [0.29, 0.717) is 18.8 Å². The number of carboxylic acid groups (broad SMARTS) is 1. The number of anilines is 3. The zero-order valence-corrected chi connectivity index (χ0v) is 20.9. The summed E-state index contributed by atoms with van der Waals surface area (Å²) in [5.74, 6) is -0.302. The average molecular weight is 503 g/mol. The number of H-pyrrole nitrogens is 1. The fourth-order valence-corrected chi connectivity index (χ4v) is 5.96. The lowest BCUT2D eigenvalue weighted by molar-refractivity contribution is -0.143. The Balaban J connectivity index is 1.46. The molecule has 3 N–H and O–H groups in total. The number of carbonyl (C=O) groups is 2. The lowest BCUT2D eigenvalue weighted by Gasteiger charge is -2.34. The largest absolute Gasteiger partial charge is 0.481 e. The van der Waals surface area contributed by atoms with Crippen molar-refractivity contribution in [3.8, 4) is 0 Å². The van der Waals surface area contributed by atoms with Crippen molar-refractivity contribution in [1.82, 2.24) is 19.7 Å². The first-order chi connectivity index (χ1) is 17.9. The van der Waals surface area contributed by atoms with Crippen molar-refractivity contribution in [3.05, 3.63) is 42.1 Å². The van der Waals surface area contributed by atoms with E-state index in [4.69, 9.17) is 9.72 Å². The minimum Gasteiger partial charge on any atom is -0.481 e. The molecule has 0 unspecified atom stereocenters. The number of fused-ring (bicyclic) bond motifs is 4. The number of aliphatic carboxylic acids is 1. The summed E-state index contributed by atoms with van der Waals surface area (Å²) in [7, 11) is 1.41. The molecule has 0 radical (unpaired) electrons. The molecule has 3 heterocycles. The summed E-state index contributed by atoms with van der Waals surface area (Å²) in [5.41, 5.74) is 5.53. The van der Waals surface area contributed by atoms with Gasteiger partial charge in [-0.05, 0) is 75.8 Å². The Bertz CT molecular complexity index is 1500. The summed E-state index contributed by atoms with van der Waals surface area (Å²) < 4.78 is 7.31. The van der Waals surface area contributed by atoms with Crippen molar-refractivity contribution in [2.75, 3.05) is 17.3 Å². The van der Waals surface area contributed by atoms with E-state index in [9.17, 15) is 14.7 Å². The molecular formula is C27H30N6O4. The second-order valence-corrected chi connectivity index (χ2v) is 10.1. The molecule has 1 aliphatic heterocycles. The number of aromatic nitrogens is 4. The van der Waals surface area contributed by atoms with Gasteiger partial charge in [0.25, 0.3) is 0 Å². The van der Waals surface area contributed by atoms with Gasteiger partial charge in [-0.1, -0.05) is 0 Å². The molecule has 1 fully saturated rings. The maximum atomic E-state index is 12.6. The third kappa shape index (κ3) is 3.96. The molecule has 0 saturated heterocycles. The van der Waals surface area contributed by atoms with Crippen LogP contribution in [0, 0.1) is 5.92 Å². The van der Waals surface area contributed by atoms with Gasteiger partial charge in [0.15, 0.2) is 0 Å². The number of nitrogens with one attached hydrogen (secondary N) is 2. The molecule has 2 aromatic heterocycles. The fourth-order valence-electron chi connectivity index (χ4n) is 5.96. The Morgan fingerprint density at radius 3 is 2.70 bits per heavy atom. The van der Waals surface area contributed by atoms with Crippen LogP contribution in [0.2, 0.25) is 0 Å². The van der Waals surface area contributed by atoms with Gasteiger partial charge < -0.3 is 19.7 Å². The molecule has 10 nitrogen and oxygen atoms in total. The number of hydrogen-bond acceptors (Lipinski definition) is 6. The van der Waals surface area contributed by atoms with Gasteiger partial charge in [0.1, 0.15) is 0 Å². The van der Waals surface area contributed by atoms with Gasteiger partial charge in [0.05, 0.1) is 41.5 Å². The topological polar surface area (TPSA) is 125 Å². The van der Waals surface area contributed by atoms with Gasteiger partial charge in [0, 0.05) is 28.7 Å². The van der Waals surface area contributed by atoms with Crippen molar-refractivity contribution >= 4 is 51.3 Å². The Labute approximate surface area is 213 Å². The van der Waals surface area contributed by atoms with Gasteiger partial charge in [-0.2, -0.15) is 5.10 Å². The van der Waals surface area contributed by atoms with Crippen LogP contribution in [0.25, 0.3) is 21.9 Å². The van der Waals surface area contributed by atoms with Gasteiger partial charge >= 0.3 is 12.1 Å². The van der Waals surface area contributed by atoms with Gasteiger partial charge in [0.2, 0.25) is 5.95 Å². The summed E-state index contributed by atoms with van der Waals surface area (Å²) >= 11 is 0. The summed E-state index contributed by atoms with van der Waals surface area (Å²) in [6.07, 6.45) is 5.84. The third-order valence-corrected chi connectivity index (χ3v) is 7.94. The molecule has 1 aliphatic carbocycles. The number of imidazole rings is 1. The van der Waals surface area contributed by atoms with Crippen molar-refractivity contribution in [3.63, 3.8) is 0 Å². The van der Waals surface area contributed by atoms with Crippen LogP contribution in [0.15, 0.2) is 36.5 Å². The van der Waals surface area contributed by atoms with Crippen molar-refractivity contribution in [1.29, 1.82) is 0 Å². The Kier molecular flexibility index (Phi) is 5.73. The number of benzene rings is 2. The highest BCUT2D eigenvalue weighted by Crippen LogP contribution is 2.42. The monoisotopic (exact) mass is 502 g/mol. The summed E-state index contributed by atoms with van der Waals surface area (Å²) in [6, 6.07) is 10.2. The van der Waals surface area contributed by atoms with Crippen LogP contribution in [0.1, 0.15) is 50.6 Å². The normalized spacial score (nSPS) is 21.7. The summed E-state index contributed by atoms with van der Waals surface area (Å²) in [5, 5.41) is 21.2. The Morgan fingerprint density at radius 2 is 1.95 bits per heavy atom. The molecule has 0 spiro atoms. The molecular weight excluding hydrogens is 472 g/mol. The number of nitrogens with zero attached hydrogens (tertiary/aromatic N) is 4. The Hall–Kier alpha value is -4.08. The van der Waals surface area contributed by atoms with E-state index in [0.717, 1.165) is 64.6 Å². The van der Waals surface area contributed by atoms with Crippen LogP contribution in [-0.4, -0.2) is 50.1 Å². The number of aryl methyl sites for hydroxylation is 1. The van der Waals surface area contributed by atoms with E-state index < -0.39 is 5.97 Å². The molecule has 2 aromatic carbocycles. The molecule has 2 aliphatic rings. The highest BCUT2D eigenvalue weighted by Gasteiger charge is 2.33. The third-order valence-electron chi connectivity index (χ3n) is 7.94. The minimum atomic E-state index is -0.716. The first-order valence-electron chi connectivity index (χ1n) is 12.8. The first-order valence-corrected chi connectivity index (χ1v) is 12.8. The molecule has 4 aromatic rings. The van der Waals surface area contributed by atoms with Crippen molar-refractivity contribution < 1.29 is 19.4 Å². The number of hydrogen-bond donors (Lipinski definition) is 3. The van der Waals surface area contributed by atoms with Crippen LogP contribution < -0.4 is 10.2 Å².